The van der Waals surface area contributed by atoms with E-state index < -0.39 is 6.10 Å². The molecule has 0 saturated heterocycles. The van der Waals surface area contributed by atoms with Crippen molar-refractivity contribution in [3.8, 4) is 0 Å². The quantitative estimate of drug-likeness (QED) is 0.405. The molecule has 4 nitrogen and oxygen atoms in total. The summed E-state index contributed by atoms with van der Waals surface area (Å²) in [4.78, 5) is 22.0. The van der Waals surface area contributed by atoms with Gasteiger partial charge in [-0.05, 0) is 20.8 Å². The molecule has 1 atom stereocenters. The van der Waals surface area contributed by atoms with Crippen molar-refractivity contribution in [3.05, 3.63) is 36.1 Å². The summed E-state index contributed by atoms with van der Waals surface area (Å²) in [5.74, 6) is -0.818. The molecule has 0 bridgehead atoms. The summed E-state index contributed by atoms with van der Waals surface area (Å²) in [7, 11) is 0. The Bertz CT molecular complexity index is 424. The maximum absolute atomic E-state index is 11.9. The third kappa shape index (κ3) is 17.8. The topological polar surface area (TPSA) is 55.4 Å². The first-order valence-corrected chi connectivity index (χ1v) is 6.48. The van der Waals surface area contributed by atoms with Gasteiger partial charge in [-0.15, -0.1) is 24.5 Å². The molecule has 1 amide bonds. The van der Waals surface area contributed by atoms with Crippen LogP contribution in [0, 0.1) is 11.9 Å². The van der Waals surface area contributed by atoms with E-state index in [-0.39, 0.29) is 76.2 Å². The molecule has 0 aliphatic carbocycles. The number of esters is 1. The Balaban J connectivity index is -0.000000156. The third-order valence-electron chi connectivity index (χ3n) is 2.07. The molecule has 0 aromatic heterocycles. The van der Waals surface area contributed by atoms with E-state index in [2.05, 4.69) is 11.4 Å². The molecule has 1 N–H and O–H groups in total. The summed E-state index contributed by atoms with van der Waals surface area (Å²) in [6, 6.07) is 8.55. The molecule has 1 aromatic rings. The Morgan fingerprint density at radius 2 is 1.74 bits per heavy atom. The fraction of sp³-hybridized carbons (Fsp3) is 0.467. The number of rotatable bonds is 4. The fourth-order valence-corrected chi connectivity index (χ4v) is 1.10. The maximum Gasteiger partial charge on any atom is 2.00 e. The number of carbonyl (C=O) groups is 2. The van der Waals surface area contributed by atoms with Gasteiger partial charge in [0.15, 0.2) is 6.10 Å². The van der Waals surface area contributed by atoms with Gasteiger partial charge in [0.05, 0.1) is 0 Å². The number of halogens is 3. The molecule has 0 spiro atoms. The van der Waals surface area contributed by atoms with E-state index in [0.717, 1.165) is 0 Å². The van der Waals surface area contributed by atoms with Crippen molar-refractivity contribution in [2.75, 3.05) is 0 Å². The number of amides is 1. The Kier molecular flexibility index (Phi) is 23.8. The molecule has 1 unspecified atom stereocenters. The largest absolute Gasteiger partial charge is 2.00 e. The minimum atomic E-state index is -0.699. The number of benzene rings is 1. The van der Waals surface area contributed by atoms with E-state index in [1.807, 2.05) is 13.8 Å². The van der Waals surface area contributed by atoms with Gasteiger partial charge in [-0.2, -0.15) is 18.2 Å². The second-order valence-electron chi connectivity index (χ2n) is 4.37. The molecule has 0 aliphatic heterocycles. The molecule has 1 aromatic carbocycles. The average molecular weight is 423 g/mol. The van der Waals surface area contributed by atoms with E-state index in [4.69, 9.17) is 4.74 Å². The molecule has 0 saturated carbocycles. The van der Waals surface area contributed by atoms with Crippen molar-refractivity contribution in [1.29, 1.82) is 0 Å². The van der Waals surface area contributed by atoms with Crippen molar-refractivity contribution >= 4 is 47.3 Å². The van der Waals surface area contributed by atoms with Gasteiger partial charge in [-0.3, -0.25) is 9.59 Å². The van der Waals surface area contributed by atoms with Gasteiger partial charge < -0.3 is 27.0 Å². The number of hydrogen-bond donors (Lipinski definition) is 1. The van der Waals surface area contributed by atoms with Crippen LogP contribution in [0.5, 0.6) is 0 Å². The molecule has 0 radical (unpaired) electrons. The van der Waals surface area contributed by atoms with E-state index in [1.54, 1.807) is 13.8 Å². The molecule has 23 heavy (non-hydrogen) atoms. The van der Waals surface area contributed by atoms with E-state index in [0.29, 0.717) is 6.42 Å². The summed E-state index contributed by atoms with van der Waals surface area (Å²) in [5, 5.41) is 2.66. The second kappa shape index (κ2) is 18.0. The predicted molar refractivity (Wildman–Crippen MR) is 87.4 cm³/mol. The third-order valence-corrected chi connectivity index (χ3v) is 2.07. The first-order chi connectivity index (χ1) is 9.36. The molecule has 128 valence electrons. The first kappa shape index (κ1) is 30.5. The van der Waals surface area contributed by atoms with Crippen molar-refractivity contribution in [1.82, 2.24) is 5.32 Å². The number of ether oxygens (including phenoxy) is 1. The van der Waals surface area contributed by atoms with Gasteiger partial charge in [0.2, 0.25) is 0 Å². The SMILES string of the molecule is CCC(=O)OC(C)C(=O)NC(C)C.Cl.Fc1cc[c-]cc1.[Br-].[Mg+2]. The minimum Gasteiger partial charge on any atom is -1.00 e. The molecule has 8 heteroatoms. The number of nitrogens with one attached hydrogen (secondary N) is 1. The monoisotopic (exact) mass is 421 g/mol. The molecule has 0 aliphatic rings. The van der Waals surface area contributed by atoms with E-state index in [9.17, 15) is 14.0 Å². The van der Waals surface area contributed by atoms with Crippen molar-refractivity contribution in [2.45, 2.75) is 46.3 Å². The van der Waals surface area contributed by atoms with Gasteiger partial charge in [0.1, 0.15) is 0 Å². The number of carbonyl (C=O) groups excluding carboxylic acids is 2. The van der Waals surface area contributed by atoms with Crippen LogP contribution in [0.2, 0.25) is 0 Å². The predicted octanol–water partition coefficient (Wildman–Crippen LogP) is -0.476. The minimum absolute atomic E-state index is 0. The molecule has 1 rings (SSSR count). The average Bonchev–Trinajstić information content (AvgIpc) is 2.39. The zero-order valence-corrected chi connectivity index (χ0v) is 17.6. The molecular formula is C15H22BrClFMgNO3. The zero-order chi connectivity index (χ0) is 15.5. The Morgan fingerprint density at radius 3 is 2.04 bits per heavy atom. The van der Waals surface area contributed by atoms with Crippen molar-refractivity contribution in [3.63, 3.8) is 0 Å². The van der Waals surface area contributed by atoms with Gasteiger partial charge in [0, 0.05) is 18.3 Å². The summed E-state index contributed by atoms with van der Waals surface area (Å²) >= 11 is 0. The van der Waals surface area contributed by atoms with Gasteiger partial charge in [0.25, 0.3) is 5.91 Å². The smallest absolute Gasteiger partial charge is 1.00 e. The summed E-state index contributed by atoms with van der Waals surface area (Å²) in [6.07, 6.45) is -0.408. The van der Waals surface area contributed by atoms with Gasteiger partial charge in [-0.1, -0.05) is 6.92 Å². The Hall–Kier alpha value is -0.374. The first-order valence-electron chi connectivity index (χ1n) is 6.48. The van der Waals surface area contributed by atoms with Crippen LogP contribution >= 0.6 is 12.4 Å². The second-order valence-corrected chi connectivity index (χ2v) is 4.37. The Labute approximate surface area is 170 Å². The zero-order valence-electron chi connectivity index (χ0n) is 13.8. The van der Waals surface area contributed by atoms with Gasteiger partial charge >= 0.3 is 29.0 Å². The van der Waals surface area contributed by atoms with Crippen LogP contribution < -0.4 is 22.3 Å². The van der Waals surface area contributed by atoms with Crippen molar-refractivity contribution in [2.24, 2.45) is 0 Å². The van der Waals surface area contributed by atoms with Gasteiger partial charge in [-0.25, -0.2) is 4.39 Å². The van der Waals surface area contributed by atoms with Crippen LogP contribution in [-0.2, 0) is 14.3 Å². The summed E-state index contributed by atoms with van der Waals surface area (Å²) in [5.41, 5.74) is 0. The summed E-state index contributed by atoms with van der Waals surface area (Å²) < 4.78 is 16.7. The molecular weight excluding hydrogens is 401 g/mol. The molecule has 0 heterocycles. The van der Waals surface area contributed by atoms with Crippen LogP contribution in [0.3, 0.4) is 0 Å². The Morgan fingerprint density at radius 1 is 1.26 bits per heavy atom. The maximum atomic E-state index is 11.9. The van der Waals surface area contributed by atoms with Crippen LogP contribution in [-0.4, -0.2) is 47.1 Å². The van der Waals surface area contributed by atoms with E-state index >= 15 is 0 Å². The van der Waals surface area contributed by atoms with Crippen LogP contribution in [0.4, 0.5) is 4.39 Å². The standard InChI is InChI=1S/C9H17NO3.C6H4F.BrH.ClH.Mg/c1-5-8(11)13-7(4)9(12)10-6(2)3;7-6-4-2-1-3-5-6;;;/h6-7H,5H2,1-4H3,(H,10,12);2-5H;2*1H;/q;-1;;;+2/p-1. The fourth-order valence-electron chi connectivity index (χ4n) is 1.10. The molecule has 0 fully saturated rings. The summed E-state index contributed by atoms with van der Waals surface area (Å²) in [6.45, 7) is 6.96. The van der Waals surface area contributed by atoms with Crippen molar-refractivity contribution < 1.29 is 35.7 Å². The van der Waals surface area contributed by atoms with Crippen LogP contribution in [0.25, 0.3) is 0 Å². The van der Waals surface area contributed by atoms with E-state index in [1.165, 1.54) is 24.3 Å². The van der Waals surface area contributed by atoms with Crippen LogP contribution in [0.15, 0.2) is 24.3 Å². The normalized spacial score (nSPS) is 9.65. The van der Waals surface area contributed by atoms with Crippen LogP contribution in [0.1, 0.15) is 34.1 Å². The number of hydrogen-bond acceptors (Lipinski definition) is 3.